The molecule has 0 spiro atoms. The number of likely N-dealkylation sites (tertiary alicyclic amines) is 1. The minimum atomic E-state index is -4.70. The first kappa shape index (κ1) is 28.1. The summed E-state index contributed by atoms with van der Waals surface area (Å²) in [5, 5.41) is 16.0. The molecule has 1 fully saturated rings. The number of carboxylic acid groups (broad SMARTS) is 1. The minimum Gasteiger partial charge on any atom is -0.481 e. The molecule has 1 unspecified atom stereocenters. The molecule has 3 aromatic rings. The van der Waals surface area contributed by atoms with Crippen molar-refractivity contribution in [2.24, 2.45) is 0 Å². The number of aliphatic carboxylic acids is 1. The van der Waals surface area contributed by atoms with Gasteiger partial charge in [-0.1, -0.05) is 18.2 Å². The summed E-state index contributed by atoms with van der Waals surface area (Å²) >= 11 is 0. The van der Waals surface area contributed by atoms with E-state index in [-0.39, 0.29) is 42.2 Å². The second-order valence-electron chi connectivity index (χ2n) is 9.23. The van der Waals surface area contributed by atoms with Crippen molar-refractivity contribution in [1.82, 2.24) is 30.0 Å². The molecule has 0 aliphatic carbocycles. The van der Waals surface area contributed by atoms with Gasteiger partial charge in [0.2, 0.25) is 0 Å². The maximum atomic E-state index is 13.8. The van der Waals surface area contributed by atoms with Gasteiger partial charge in [0.15, 0.2) is 11.5 Å². The molecule has 1 saturated heterocycles. The van der Waals surface area contributed by atoms with Crippen molar-refractivity contribution in [2.75, 3.05) is 19.6 Å². The zero-order valence-electron chi connectivity index (χ0n) is 20.5. The second kappa shape index (κ2) is 11.4. The van der Waals surface area contributed by atoms with Crippen LogP contribution in [0.15, 0.2) is 48.9 Å². The standard InChI is InChI=1S/C25H25F5N6O3/c26-24(27)7-3-10-35(15-24)11-6-16(12-22(37)38)33-23(39)19-13-20(36(34-19)21-14-31-8-9-32-21)17-4-1-2-5-18(17)25(28,29)30/h1-2,4-5,8-9,13-14,16H,3,6-7,10-12,15H2,(H,33,39)(H,37,38). The number of carbonyl (C=O) groups excluding carboxylic acids is 1. The van der Waals surface area contributed by atoms with Crippen LogP contribution in [0.1, 0.15) is 41.7 Å². The van der Waals surface area contributed by atoms with Gasteiger partial charge < -0.3 is 10.4 Å². The lowest BCUT2D eigenvalue weighted by Gasteiger charge is -2.33. The van der Waals surface area contributed by atoms with Gasteiger partial charge in [0.25, 0.3) is 11.8 Å². The fourth-order valence-corrected chi connectivity index (χ4v) is 4.48. The van der Waals surface area contributed by atoms with Crippen molar-refractivity contribution in [3.63, 3.8) is 0 Å². The normalized spacial score (nSPS) is 16.5. The highest BCUT2D eigenvalue weighted by Crippen LogP contribution is 2.37. The summed E-state index contributed by atoms with van der Waals surface area (Å²) in [4.78, 5) is 34.0. The number of rotatable bonds is 9. The van der Waals surface area contributed by atoms with Gasteiger partial charge in [-0.25, -0.2) is 18.4 Å². The van der Waals surface area contributed by atoms with E-state index in [0.717, 1.165) is 16.8 Å². The highest BCUT2D eigenvalue weighted by Gasteiger charge is 2.36. The Balaban J connectivity index is 1.62. The maximum absolute atomic E-state index is 13.8. The quantitative estimate of drug-likeness (QED) is 0.385. The fraction of sp³-hybridized carbons (Fsp3) is 0.400. The lowest BCUT2D eigenvalue weighted by molar-refractivity contribution is -0.138. The highest BCUT2D eigenvalue weighted by atomic mass is 19.4. The monoisotopic (exact) mass is 552 g/mol. The first-order valence-electron chi connectivity index (χ1n) is 12.1. The van der Waals surface area contributed by atoms with Crippen molar-refractivity contribution >= 4 is 11.9 Å². The molecule has 1 amide bonds. The number of piperidine rings is 1. The maximum Gasteiger partial charge on any atom is 0.417 e. The Morgan fingerprint density at radius 3 is 2.62 bits per heavy atom. The summed E-state index contributed by atoms with van der Waals surface area (Å²) in [6.07, 6.45) is -1.10. The number of nitrogens with one attached hydrogen (secondary N) is 1. The average Bonchev–Trinajstić information content (AvgIpc) is 3.32. The first-order valence-corrected chi connectivity index (χ1v) is 12.1. The molecule has 208 valence electrons. The van der Waals surface area contributed by atoms with Crippen molar-refractivity contribution in [3.05, 3.63) is 60.2 Å². The largest absolute Gasteiger partial charge is 0.481 e. The lowest BCUT2D eigenvalue weighted by atomic mass is 10.0. The van der Waals surface area contributed by atoms with E-state index in [4.69, 9.17) is 0 Å². The van der Waals surface area contributed by atoms with Crippen LogP contribution < -0.4 is 5.32 Å². The number of hydrogen-bond acceptors (Lipinski definition) is 6. The van der Waals surface area contributed by atoms with E-state index >= 15 is 0 Å². The predicted octanol–water partition coefficient (Wildman–Crippen LogP) is 4.04. The van der Waals surface area contributed by atoms with E-state index in [9.17, 15) is 36.6 Å². The van der Waals surface area contributed by atoms with Crippen LogP contribution in [-0.2, 0) is 11.0 Å². The van der Waals surface area contributed by atoms with Crippen LogP contribution >= 0.6 is 0 Å². The number of aromatic nitrogens is 4. The van der Waals surface area contributed by atoms with E-state index in [1.807, 2.05) is 0 Å². The molecule has 1 aliphatic rings. The SMILES string of the molecule is O=C(O)CC(CCN1CCCC(F)(F)C1)NC(=O)c1cc(-c2ccccc2C(F)(F)F)n(-c2cnccn2)n1. The first-order chi connectivity index (χ1) is 18.4. The summed E-state index contributed by atoms with van der Waals surface area (Å²) in [5.74, 6) is -4.83. The third-order valence-corrected chi connectivity index (χ3v) is 6.24. The smallest absolute Gasteiger partial charge is 0.417 e. The van der Waals surface area contributed by atoms with Crippen LogP contribution in [0.4, 0.5) is 22.0 Å². The summed E-state index contributed by atoms with van der Waals surface area (Å²) in [6, 6.07) is 4.99. The number of carbonyl (C=O) groups is 2. The zero-order valence-corrected chi connectivity index (χ0v) is 20.5. The molecule has 4 rings (SSSR count). The Morgan fingerprint density at radius 1 is 1.18 bits per heavy atom. The number of nitrogens with zero attached hydrogens (tertiary/aromatic N) is 5. The number of carboxylic acids is 1. The molecule has 2 aromatic heterocycles. The van der Waals surface area contributed by atoms with Crippen LogP contribution in [0.5, 0.6) is 0 Å². The van der Waals surface area contributed by atoms with Crippen LogP contribution in [-0.4, -0.2) is 73.2 Å². The summed E-state index contributed by atoms with van der Waals surface area (Å²) < 4.78 is 69.9. The number of benzene rings is 1. The van der Waals surface area contributed by atoms with E-state index in [1.165, 1.54) is 41.7 Å². The Labute approximate surface area is 219 Å². The lowest BCUT2D eigenvalue weighted by Crippen LogP contribution is -2.45. The molecule has 3 heterocycles. The van der Waals surface area contributed by atoms with Gasteiger partial charge >= 0.3 is 12.1 Å². The van der Waals surface area contributed by atoms with Gasteiger partial charge in [-0.3, -0.25) is 19.5 Å². The van der Waals surface area contributed by atoms with Crippen LogP contribution in [0.3, 0.4) is 0 Å². The second-order valence-corrected chi connectivity index (χ2v) is 9.23. The van der Waals surface area contributed by atoms with E-state index in [0.29, 0.717) is 13.0 Å². The molecule has 9 nitrogen and oxygen atoms in total. The Hall–Kier alpha value is -3.94. The van der Waals surface area contributed by atoms with Crippen molar-refractivity contribution in [2.45, 2.75) is 43.8 Å². The number of amides is 1. The molecule has 0 saturated carbocycles. The van der Waals surface area contributed by atoms with Crippen molar-refractivity contribution in [3.8, 4) is 17.1 Å². The van der Waals surface area contributed by atoms with Gasteiger partial charge in [0.05, 0.1) is 30.4 Å². The number of alkyl halides is 5. The molecule has 1 aliphatic heterocycles. The summed E-state index contributed by atoms with van der Waals surface area (Å²) in [7, 11) is 0. The van der Waals surface area contributed by atoms with E-state index < -0.39 is 48.5 Å². The molecule has 2 N–H and O–H groups in total. The van der Waals surface area contributed by atoms with Crippen molar-refractivity contribution < 1.29 is 36.6 Å². The van der Waals surface area contributed by atoms with Gasteiger partial charge in [-0.05, 0) is 31.5 Å². The predicted molar refractivity (Wildman–Crippen MR) is 128 cm³/mol. The molecule has 0 bridgehead atoms. The van der Waals surface area contributed by atoms with Crippen molar-refractivity contribution in [1.29, 1.82) is 0 Å². The van der Waals surface area contributed by atoms with Gasteiger partial charge in [0, 0.05) is 37.0 Å². The van der Waals surface area contributed by atoms with E-state index in [1.54, 1.807) is 0 Å². The third-order valence-electron chi connectivity index (χ3n) is 6.24. The summed E-state index contributed by atoms with van der Waals surface area (Å²) in [6.45, 7) is 0.102. The van der Waals surface area contributed by atoms with E-state index in [2.05, 4.69) is 20.4 Å². The van der Waals surface area contributed by atoms with Crippen LogP contribution in [0.2, 0.25) is 0 Å². The number of hydrogen-bond donors (Lipinski definition) is 2. The highest BCUT2D eigenvalue weighted by molar-refractivity contribution is 5.94. The molecule has 39 heavy (non-hydrogen) atoms. The molecule has 0 radical (unpaired) electrons. The van der Waals surface area contributed by atoms with Crippen LogP contribution in [0.25, 0.3) is 17.1 Å². The third kappa shape index (κ3) is 7.13. The molecular weight excluding hydrogens is 527 g/mol. The fourth-order valence-electron chi connectivity index (χ4n) is 4.48. The average molecular weight is 553 g/mol. The Bertz CT molecular complexity index is 1320. The molecule has 1 atom stereocenters. The molecule has 1 aromatic carbocycles. The molecule has 14 heteroatoms. The van der Waals surface area contributed by atoms with Gasteiger partial charge in [-0.2, -0.15) is 18.3 Å². The number of halogens is 5. The minimum absolute atomic E-state index is 0.0524. The summed E-state index contributed by atoms with van der Waals surface area (Å²) in [5.41, 5.74) is -1.58. The topological polar surface area (TPSA) is 113 Å². The van der Waals surface area contributed by atoms with Gasteiger partial charge in [0.1, 0.15) is 0 Å². The van der Waals surface area contributed by atoms with Crippen LogP contribution in [0, 0.1) is 0 Å². The molecular formula is C25H25F5N6O3. The zero-order chi connectivity index (χ0) is 28.2. The Kier molecular flexibility index (Phi) is 8.23. The Morgan fingerprint density at radius 2 is 1.95 bits per heavy atom. The van der Waals surface area contributed by atoms with Gasteiger partial charge in [-0.15, -0.1) is 0 Å².